The van der Waals surface area contributed by atoms with Crippen molar-refractivity contribution in [2.24, 2.45) is 16.7 Å². The van der Waals surface area contributed by atoms with Crippen LogP contribution in [0.15, 0.2) is 35.4 Å². The van der Waals surface area contributed by atoms with Gasteiger partial charge in [0.05, 0.1) is 0 Å². The van der Waals surface area contributed by atoms with E-state index in [2.05, 4.69) is 6.92 Å². The van der Waals surface area contributed by atoms with E-state index < -0.39 is 29.0 Å². The van der Waals surface area contributed by atoms with Crippen molar-refractivity contribution in [3.63, 3.8) is 0 Å². The molecule has 1 N–H and O–H groups in total. The highest BCUT2D eigenvalue weighted by atomic mass is 16.6. The molecule has 196 valence electrons. The molecule has 3 aliphatic rings. The lowest BCUT2D eigenvalue weighted by Gasteiger charge is -2.59. The number of phenols is 1. The summed E-state index contributed by atoms with van der Waals surface area (Å²) in [6, 6.07) is 7.00. The van der Waals surface area contributed by atoms with Crippen molar-refractivity contribution in [3.8, 4) is 5.75 Å². The van der Waals surface area contributed by atoms with Gasteiger partial charge in [-0.1, -0.05) is 32.9 Å². The summed E-state index contributed by atoms with van der Waals surface area (Å²) < 4.78 is 17.6. The third-order valence-electron chi connectivity index (χ3n) is 8.44. The summed E-state index contributed by atoms with van der Waals surface area (Å²) in [6.45, 7) is 9.86. The fraction of sp³-hybridized carbons (Fsp3) is 0.607. The number of aromatic hydroxyl groups is 1. The van der Waals surface area contributed by atoms with E-state index in [1.807, 2.05) is 30.9 Å². The molecular weight excluding hydrogens is 462 g/mol. The van der Waals surface area contributed by atoms with Gasteiger partial charge in [0, 0.05) is 56.4 Å². The van der Waals surface area contributed by atoms with E-state index in [-0.39, 0.29) is 29.6 Å². The third-order valence-corrected chi connectivity index (χ3v) is 8.44. The average molecular weight is 500 g/mol. The lowest BCUT2D eigenvalue weighted by atomic mass is 9.48. The van der Waals surface area contributed by atoms with Gasteiger partial charge in [-0.2, -0.15) is 0 Å². The van der Waals surface area contributed by atoms with Gasteiger partial charge in [-0.3, -0.25) is 14.4 Å². The van der Waals surface area contributed by atoms with Gasteiger partial charge in [0.1, 0.15) is 24.1 Å². The molecule has 1 fully saturated rings. The van der Waals surface area contributed by atoms with Crippen LogP contribution in [-0.4, -0.2) is 66.4 Å². The van der Waals surface area contributed by atoms with Crippen molar-refractivity contribution in [1.82, 2.24) is 4.90 Å². The normalized spacial score (nSPS) is 31.1. The Bertz CT molecular complexity index is 1080. The van der Waals surface area contributed by atoms with E-state index in [0.717, 1.165) is 16.7 Å². The van der Waals surface area contributed by atoms with Gasteiger partial charge in [0.25, 0.3) is 5.91 Å². The summed E-state index contributed by atoms with van der Waals surface area (Å²) in [5.74, 6) is -0.860. The first kappa shape index (κ1) is 26.2. The molecule has 36 heavy (non-hydrogen) atoms. The van der Waals surface area contributed by atoms with Crippen LogP contribution in [0.2, 0.25) is 0 Å². The number of esters is 2. The van der Waals surface area contributed by atoms with Crippen LogP contribution >= 0.6 is 0 Å². The van der Waals surface area contributed by atoms with Crippen LogP contribution in [-0.2, 0) is 35.0 Å². The number of rotatable bonds is 6. The lowest BCUT2D eigenvalue weighted by molar-refractivity contribution is -0.200. The Morgan fingerprint density at radius 3 is 2.31 bits per heavy atom. The van der Waals surface area contributed by atoms with Crippen LogP contribution in [0.1, 0.15) is 53.0 Å². The molecule has 1 amide bonds. The first-order chi connectivity index (χ1) is 16.9. The van der Waals surface area contributed by atoms with Crippen molar-refractivity contribution < 1.29 is 33.7 Å². The molecule has 0 saturated heterocycles. The van der Waals surface area contributed by atoms with Crippen LogP contribution < -0.4 is 0 Å². The average Bonchev–Trinajstić information content (AvgIpc) is 3.12. The Kier molecular flexibility index (Phi) is 6.94. The zero-order chi connectivity index (χ0) is 26.4. The Labute approximate surface area is 212 Å². The Hall–Kier alpha value is -2.87. The fourth-order valence-corrected chi connectivity index (χ4v) is 7.03. The van der Waals surface area contributed by atoms with Crippen molar-refractivity contribution in [3.05, 3.63) is 41.0 Å². The summed E-state index contributed by atoms with van der Waals surface area (Å²) in [5, 5.41) is 9.56. The SMILES string of the molecule is CO[C@@H]1C2=C(C(=O)N(CCc3ccc(O)cc3)C2)[C@]2(C)CC[C@@H](OC(C)=O)C(C)(C)C2[C@H]1OC(C)=O. The predicted octanol–water partition coefficient (Wildman–Crippen LogP) is 3.41. The highest BCUT2D eigenvalue weighted by Gasteiger charge is 2.65. The molecule has 1 aromatic carbocycles. The quantitative estimate of drug-likeness (QED) is 0.599. The van der Waals surface area contributed by atoms with E-state index in [4.69, 9.17) is 14.2 Å². The molecule has 1 aliphatic heterocycles. The number of amides is 1. The zero-order valence-corrected chi connectivity index (χ0v) is 22.0. The molecule has 8 heteroatoms. The van der Waals surface area contributed by atoms with Crippen LogP contribution in [0.3, 0.4) is 0 Å². The second-order valence-corrected chi connectivity index (χ2v) is 11.1. The topological polar surface area (TPSA) is 102 Å². The van der Waals surface area contributed by atoms with E-state index in [0.29, 0.717) is 32.4 Å². The minimum Gasteiger partial charge on any atom is -0.508 e. The molecule has 0 radical (unpaired) electrons. The number of benzene rings is 1. The minimum absolute atomic E-state index is 0.0126. The number of ether oxygens (including phenoxy) is 3. The Balaban J connectivity index is 1.71. The summed E-state index contributed by atoms with van der Waals surface area (Å²) in [7, 11) is 1.58. The molecule has 1 aromatic rings. The highest BCUT2D eigenvalue weighted by molar-refractivity contribution is 5.99. The second-order valence-electron chi connectivity index (χ2n) is 11.1. The largest absolute Gasteiger partial charge is 0.508 e. The smallest absolute Gasteiger partial charge is 0.303 e. The molecule has 2 aliphatic carbocycles. The fourth-order valence-electron chi connectivity index (χ4n) is 7.03. The van der Waals surface area contributed by atoms with E-state index in [1.165, 1.54) is 13.8 Å². The van der Waals surface area contributed by atoms with E-state index >= 15 is 0 Å². The number of hydrogen-bond donors (Lipinski definition) is 1. The summed E-state index contributed by atoms with van der Waals surface area (Å²) in [6.07, 6.45) is 0.338. The number of carbonyl (C=O) groups is 3. The van der Waals surface area contributed by atoms with Crippen molar-refractivity contribution in [2.45, 2.75) is 72.2 Å². The number of phenolic OH excluding ortho intramolecular Hbond substituents is 1. The van der Waals surface area contributed by atoms with Gasteiger partial charge in [-0.15, -0.1) is 0 Å². The number of nitrogens with zero attached hydrogens (tertiary/aromatic N) is 1. The molecule has 4 rings (SSSR count). The highest BCUT2D eigenvalue weighted by Crippen LogP contribution is 2.62. The van der Waals surface area contributed by atoms with Gasteiger partial charge >= 0.3 is 11.9 Å². The van der Waals surface area contributed by atoms with E-state index in [9.17, 15) is 19.5 Å². The van der Waals surface area contributed by atoms with Crippen LogP contribution in [0, 0.1) is 16.7 Å². The van der Waals surface area contributed by atoms with Crippen LogP contribution in [0.4, 0.5) is 0 Å². The molecule has 5 atom stereocenters. The molecule has 0 bridgehead atoms. The number of methoxy groups -OCH3 is 1. The first-order valence-corrected chi connectivity index (χ1v) is 12.6. The van der Waals surface area contributed by atoms with Gasteiger partial charge in [-0.25, -0.2) is 0 Å². The first-order valence-electron chi connectivity index (χ1n) is 12.6. The molecule has 1 heterocycles. The standard InChI is InChI=1S/C28H37NO7/c1-16(30)35-21-11-13-28(5)22-20(23(34-6)24(36-17(2)31)25(28)27(21,3)4)15-29(26(22)33)14-12-18-7-9-19(32)10-8-18/h7-10,21,23-25,32H,11-15H2,1-6H3/t21-,23-,24+,25?,28+/m1/s1. The molecule has 1 saturated carbocycles. The maximum atomic E-state index is 13.9. The molecule has 8 nitrogen and oxygen atoms in total. The summed E-state index contributed by atoms with van der Waals surface area (Å²) >= 11 is 0. The Morgan fingerprint density at radius 2 is 1.72 bits per heavy atom. The molecule has 1 unspecified atom stereocenters. The number of fused-ring (bicyclic) bond motifs is 2. The lowest BCUT2D eigenvalue weighted by Crippen LogP contribution is -2.62. The number of carbonyl (C=O) groups excluding carboxylic acids is 3. The minimum atomic E-state index is -0.616. The third kappa shape index (κ3) is 4.40. The predicted molar refractivity (Wildman–Crippen MR) is 132 cm³/mol. The zero-order valence-electron chi connectivity index (χ0n) is 22.0. The molecular formula is C28H37NO7. The molecule has 0 aromatic heterocycles. The van der Waals surface area contributed by atoms with Gasteiger partial charge in [0.2, 0.25) is 0 Å². The van der Waals surface area contributed by atoms with Gasteiger partial charge in [0.15, 0.2) is 0 Å². The summed E-state index contributed by atoms with van der Waals surface area (Å²) in [5.41, 5.74) is 1.50. The van der Waals surface area contributed by atoms with Crippen LogP contribution in [0.5, 0.6) is 5.75 Å². The maximum absolute atomic E-state index is 13.9. The van der Waals surface area contributed by atoms with Crippen LogP contribution in [0.25, 0.3) is 0 Å². The van der Waals surface area contributed by atoms with Crippen molar-refractivity contribution in [1.29, 1.82) is 0 Å². The Morgan fingerprint density at radius 1 is 1.08 bits per heavy atom. The summed E-state index contributed by atoms with van der Waals surface area (Å²) in [4.78, 5) is 39.9. The maximum Gasteiger partial charge on any atom is 0.303 e. The van der Waals surface area contributed by atoms with Crippen molar-refractivity contribution >= 4 is 17.8 Å². The monoisotopic (exact) mass is 499 g/mol. The second kappa shape index (κ2) is 9.54. The van der Waals surface area contributed by atoms with E-state index in [1.54, 1.807) is 19.2 Å². The van der Waals surface area contributed by atoms with Gasteiger partial charge in [-0.05, 0) is 42.5 Å². The molecule has 0 spiro atoms. The van der Waals surface area contributed by atoms with Crippen molar-refractivity contribution in [2.75, 3.05) is 20.2 Å². The van der Waals surface area contributed by atoms with Gasteiger partial charge < -0.3 is 24.2 Å². The number of hydrogen-bond acceptors (Lipinski definition) is 7.